The van der Waals surface area contributed by atoms with E-state index in [0.29, 0.717) is 37.7 Å². The molecule has 0 aliphatic carbocycles. The van der Waals surface area contributed by atoms with Crippen molar-refractivity contribution >= 4 is 130 Å². The summed E-state index contributed by atoms with van der Waals surface area (Å²) in [7, 11) is 0. The zero-order valence-electron chi connectivity index (χ0n) is 77.0. The number of primary amides is 1. The first-order valence-corrected chi connectivity index (χ1v) is 45.4. The number of carboxylic acids is 1. The number of carbonyl (C=O) groups is 15. The summed E-state index contributed by atoms with van der Waals surface area (Å²) in [6, 6.07) is -11.8. The molecule has 1 aliphatic heterocycles. The van der Waals surface area contributed by atoms with Crippen molar-refractivity contribution in [3.05, 3.63) is 29.8 Å². The molecule has 136 heavy (non-hydrogen) atoms. The van der Waals surface area contributed by atoms with Gasteiger partial charge in [-0.1, -0.05) is 12.1 Å². The second-order valence-electron chi connectivity index (χ2n) is 32.5. The number of aromatic hydroxyl groups is 1. The monoisotopic (exact) mass is 1930 g/mol. The normalized spacial score (nSPS) is 14.4. The fourth-order valence-corrected chi connectivity index (χ4v) is 14.1. The number of hydrogen-bond acceptors (Lipinski definition) is 26. The third-order valence-corrected chi connectivity index (χ3v) is 21.2. The molecule has 55 heteroatoms. The van der Waals surface area contributed by atoms with Gasteiger partial charge < -0.3 is 179 Å². The number of carbonyl (C=O) groups excluding carboxylic acids is 14. The van der Waals surface area contributed by atoms with Crippen molar-refractivity contribution in [3.8, 4) is 5.75 Å². The number of nitrogens with two attached hydrogens (primary N) is 11. The van der Waals surface area contributed by atoms with Crippen LogP contribution in [0.3, 0.4) is 0 Å². The Labute approximate surface area is 789 Å². The molecule has 1 fully saturated rings. The number of hydrogen-bond donors (Lipinski definition) is 39. The molecule has 50 N–H and O–H groups in total. The number of aliphatic carboxylic acids is 1. The minimum absolute atomic E-state index is 0.00209. The molecule has 14 amide bonds. The van der Waals surface area contributed by atoms with Crippen LogP contribution in [0.1, 0.15) is 185 Å². The van der Waals surface area contributed by atoms with E-state index in [4.69, 9.17) is 101 Å². The fourth-order valence-electron chi connectivity index (χ4n) is 14.1. The van der Waals surface area contributed by atoms with Crippen molar-refractivity contribution in [3.63, 3.8) is 0 Å². The fraction of sp³-hybridized carbons (Fsp3) is 0.654. The summed E-state index contributed by atoms with van der Waals surface area (Å²) in [6.07, 6.45) is 0.241. The molecule has 0 unspecified atom stereocenters. The van der Waals surface area contributed by atoms with E-state index in [2.05, 4.69) is 101 Å². The number of likely N-dealkylation sites (tertiary alicyclic amines) is 1. The minimum Gasteiger partial charge on any atom is -0.508 e. The molecule has 1 saturated heterocycles. The average Bonchev–Trinajstić information content (AvgIpc) is 1.68. The van der Waals surface area contributed by atoms with Crippen LogP contribution in [0.25, 0.3) is 0 Å². The molecule has 0 spiro atoms. The maximum atomic E-state index is 15.0. The van der Waals surface area contributed by atoms with Crippen LogP contribution in [0.5, 0.6) is 5.75 Å². The van der Waals surface area contributed by atoms with Gasteiger partial charge in [-0.3, -0.25) is 105 Å². The predicted molar refractivity (Wildman–Crippen MR) is 504 cm³/mol. The van der Waals surface area contributed by atoms with Crippen molar-refractivity contribution < 1.29 is 82.1 Å². The van der Waals surface area contributed by atoms with Crippen LogP contribution in [0.4, 0.5) is 0 Å². The molecule has 764 valence electrons. The lowest BCUT2D eigenvalue weighted by atomic mass is 10.0. The second kappa shape index (κ2) is 67.1. The number of benzene rings is 1. The van der Waals surface area contributed by atoms with E-state index in [9.17, 15) is 77.3 Å². The molecule has 12 atom stereocenters. The first-order valence-electron chi connectivity index (χ1n) is 45.4. The Balaban J connectivity index is 2.68. The van der Waals surface area contributed by atoms with E-state index in [0.717, 1.165) is 0 Å². The van der Waals surface area contributed by atoms with Gasteiger partial charge in [0.1, 0.15) is 78.3 Å². The van der Waals surface area contributed by atoms with Crippen LogP contribution in [0, 0.1) is 37.9 Å². The van der Waals surface area contributed by atoms with E-state index in [1.54, 1.807) is 12.1 Å². The van der Waals surface area contributed by atoms with Crippen LogP contribution in [0.2, 0.25) is 0 Å². The Kier molecular flexibility index (Phi) is 58.2. The van der Waals surface area contributed by atoms with Crippen molar-refractivity contribution in [2.75, 3.05) is 78.5 Å². The highest BCUT2D eigenvalue weighted by Crippen LogP contribution is 2.22. The molecule has 1 aliphatic rings. The van der Waals surface area contributed by atoms with Gasteiger partial charge in [0.05, 0.1) is 13.0 Å². The van der Waals surface area contributed by atoms with E-state index in [-0.39, 0.29) is 243 Å². The molecular weight excluding hydrogens is 1780 g/mol. The van der Waals surface area contributed by atoms with E-state index >= 15 is 4.79 Å². The molecule has 1 aromatic carbocycles. The van der Waals surface area contributed by atoms with Crippen molar-refractivity contribution in [1.82, 2.24) is 106 Å². The molecule has 55 nitrogen and oxygen atoms in total. The summed E-state index contributed by atoms with van der Waals surface area (Å²) in [4.78, 5) is 215. The van der Waals surface area contributed by atoms with Crippen LogP contribution in [-0.2, 0) is 78.3 Å². The van der Waals surface area contributed by atoms with Crippen LogP contribution in [0.15, 0.2) is 24.3 Å². The highest BCUT2D eigenvalue weighted by molar-refractivity contribution is 6.00. The number of guanidine groups is 7. The summed E-state index contributed by atoms with van der Waals surface area (Å²) in [5.74, 6) is -17.2. The van der Waals surface area contributed by atoms with Gasteiger partial charge >= 0.3 is 5.97 Å². The third-order valence-electron chi connectivity index (χ3n) is 21.2. The molecule has 1 aromatic rings. The van der Waals surface area contributed by atoms with Gasteiger partial charge in [-0.15, -0.1) is 0 Å². The van der Waals surface area contributed by atoms with Crippen molar-refractivity contribution in [1.29, 1.82) is 37.9 Å². The van der Waals surface area contributed by atoms with Gasteiger partial charge in [0, 0.05) is 58.8 Å². The summed E-state index contributed by atoms with van der Waals surface area (Å²) in [5.41, 5.74) is 62.4. The van der Waals surface area contributed by atoms with Crippen LogP contribution >= 0.6 is 0 Å². The first-order chi connectivity index (χ1) is 64.6. The average molecular weight is 1930 g/mol. The lowest BCUT2D eigenvalue weighted by Crippen LogP contribution is -2.60. The van der Waals surface area contributed by atoms with Gasteiger partial charge in [0.15, 0.2) is 41.7 Å². The Hall–Kier alpha value is -14.2. The molecule has 0 radical (unpaired) electrons. The predicted octanol–water partition coefficient (Wildman–Crippen LogP) is -10.7. The van der Waals surface area contributed by atoms with Gasteiger partial charge in [-0.05, 0) is 211 Å². The highest BCUT2D eigenvalue weighted by Gasteiger charge is 2.40. The SMILES string of the molecule is N=C(N)NCCCC[C@H](NC(=O)[C@H](CCC(N)=O)NC(=O)[C@H](CCCNC(=N)N)NC(=O)[C@H](CCCNC(=N)N)NC(=O)[C@H](CCCCN)NC(=O)[C@H](CCCCN)NC(=O)[C@H](CCCNC(=N)N)NC(=O)CNC(=O)[C@H](CCCNC(=N)N)NC(=O)[C@H](CCCCN)NC(=O)[C@@H]1CCCN1C(=O)Cc1ccc(O)cc1)C(=O)N[C@@H](CCCNC(=N)N)C(=O)N[C@@H](CCCNC(=N)N)C(=O)O. The van der Waals surface area contributed by atoms with Gasteiger partial charge in [0.25, 0.3) is 0 Å². The number of phenols is 1. The highest BCUT2D eigenvalue weighted by atomic mass is 16.4. The van der Waals surface area contributed by atoms with E-state index in [1.165, 1.54) is 17.0 Å². The van der Waals surface area contributed by atoms with Gasteiger partial charge in [-0.25, -0.2) is 4.79 Å². The zero-order chi connectivity index (χ0) is 102. The number of rotatable bonds is 71. The number of carboxylic acid groups (broad SMARTS) is 1. The number of phenolic OH excluding ortho intramolecular Hbond substituents is 1. The van der Waals surface area contributed by atoms with Crippen LogP contribution in [-0.4, -0.2) is 297 Å². The number of amides is 14. The Morgan fingerprint density at radius 1 is 0.324 bits per heavy atom. The molecule has 1 heterocycles. The van der Waals surface area contributed by atoms with Crippen LogP contribution < -0.4 is 164 Å². The number of unbranched alkanes of at least 4 members (excludes halogenated alkanes) is 4. The standard InChI is InChI=1S/C81H148N38O17/c82-33-5-1-16-50(110-64(125)49(21-10-38-102-77(90)91)108-61(122)45-107-63(124)48(20-9-37-101-76(88)89)109-68(129)53(18-3-7-35-84)117-73(134)59-26-15-43-119(59)62(123)44-46-27-29-47(120)30-28-46)65(126)111-51(17-2-6-34-83)66(127)113-54(22-11-39-103-78(92)93)69(130)114-55(23-12-40-104-79(94)95)70(131)116-57(31-32-60(85)121)72(133)112-52(19-4-8-36-100-75(86)87)67(128)115-56(24-13-41-105-80(96)97)71(132)118-58(74(135)136)25-14-42-106-81(98)99/h27-30,48-59,120H,1-26,31-45,82-84H2,(H2,85,121)(H,107,124)(H,108,122)(H,109,129)(H,110,125)(H,111,126)(H,112,133)(H,113,127)(H,114,130)(H,115,128)(H,116,131)(H,117,134)(H,118,132)(H,135,136)(H4,86,87,100)(H4,88,89,101)(H4,90,91,102)(H4,92,93,103)(H4,94,95,104)(H4,96,97,105)(H4,98,99,106)/t48-,49-,50-,51-,52-,53-,54-,55-,56-,57-,58-,59-/m0/s1. The molecular formula is C81H148N38O17. The Morgan fingerprint density at radius 3 is 0.875 bits per heavy atom. The topological polar surface area (TPSA) is 981 Å². The van der Waals surface area contributed by atoms with Crippen molar-refractivity contribution in [2.24, 2.45) is 63.1 Å². The second-order valence-corrected chi connectivity index (χ2v) is 32.5. The van der Waals surface area contributed by atoms with Gasteiger partial charge in [0.2, 0.25) is 82.7 Å². The maximum absolute atomic E-state index is 15.0. The molecule has 2 rings (SSSR count). The molecule has 0 saturated carbocycles. The lowest BCUT2D eigenvalue weighted by Gasteiger charge is -2.28. The smallest absolute Gasteiger partial charge is 0.326 e. The summed E-state index contributed by atoms with van der Waals surface area (Å²) >= 11 is 0. The largest absolute Gasteiger partial charge is 0.508 e. The summed E-state index contributed by atoms with van der Waals surface area (Å²) in [5, 5.41) is 123. The molecule has 0 aromatic heterocycles. The Bertz CT molecular complexity index is 4090. The first kappa shape index (κ1) is 118. The maximum Gasteiger partial charge on any atom is 0.326 e. The van der Waals surface area contributed by atoms with Crippen molar-refractivity contribution in [2.45, 2.75) is 259 Å². The number of nitrogens with one attached hydrogen (secondary N) is 26. The molecule has 0 bridgehead atoms. The lowest BCUT2D eigenvalue weighted by molar-refractivity contribution is -0.142. The quantitative estimate of drug-likeness (QED) is 0.0164. The van der Waals surface area contributed by atoms with E-state index in [1.807, 2.05) is 0 Å². The third kappa shape index (κ3) is 51.8. The van der Waals surface area contributed by atoms with E-state index < -0.39 is 198 Å². The zero-order valence-corrected chi connectivity index (χ0v) is 77.0. The number of nitrogens with zero attached hydrogens (tertiary/aromatic N) is 1. The van der Waals surface area contributed by atoms with Gasteiger partial charge in [-0.2, -0.15) is 0 Å². The summed E-state index contributed by atoms with van der Waals surface area (Å²) in [6.45, 7) is -0.00313. The minimum atomic E-state index is -1.77. The summed E-state index contributed by atoms with van der Waals surface area (Å²) < 4.78 is 0. The Morgan fingerprint density at radius 2 is 0.581 bits per heavy atom.